The molecule has 0 saturated heterocycles. The smallest absolute Gasteiger partial charge is 0.193 e. The number of ketones is 1. The first-order valence-corrected chi connectivity index (χ1v) is 7.05. The average molecular weight is 324 g/mol. The highest BCUT2D eigenvalue weighted by Gasteiger charge is 2.16. The van der Waals surface area contributed by atoms with Gasteiger partial charge in [0.2, 0.25) is 0 Å². The molecule has 2 N–H and O–H groups in total. The maximum Gasteiger partial charge on any atom is 0.193 e. The molecule has 0 aliphatic carbocycles. The van der Waals surface area contributed by atoms with E-state index in [4.69, 9.17) is 33.7 Å². The van der Waals surface area contributed by atoms with E-state index in [2.05, 4.69) is 0 Å². The van der Waals surface area contributed by atoms with E-state index >= 15 is 0 Å². The Kier molecular flexibility index (Phi) is 4.45. The lowest BCUT2D eigenvalue weighted by molar-refractivity contribution is 0.103. The Morgan fingerprint density at radius 1 is 1.05 bits per heavy atom. The van der Waals surface area contributed by atoms with E-state index in [0.717, 1.165) is 16.9 Å². The van der Waals surface area contributed by atoms with Crippen molar-refractivity contribution >= 4 is 34.7 Å². The second-order valence-electron chi connectivity index (χ2n) is 4.82. The lowest BCUT2D eigenvalue weighted by Gasteiger charge is -2.11. The van der Waals surface area contributed by atoms with Crippen LogP contribution in [0.5, 0.6) is 5.75 Å². The first kappa shape index (κ1) is 15.7. The number of benzene rings is 2. The number of hydrogen-bond acceptors (Lipinski definition) is 3. The standard InChI is InChI=1S/C16H15Cl2NO2/c1-8-5-14(21-3)9(2)4-11(8)16(20)10-6-12(17)15(19)13(18)7-10/h4-7H,19H2,1-3H3. The van der Waals surface area contributed by atoms with Gasteiger partial charge in [-0.05, 0) is 49.2 Å². The second kappa shape index (κ2) is 5.96. The molecule has 110 valence electrons. The normalized spacial score (nSPS) is 10.5. The number of nitrogens with two attached hydrogens (primary N) is 1. The summed E-state index contributed by atoms with van der Waals surface area (Å²) < 4.78 is 5.25. The number of halogens is 2. The fourth-order valence-electron chi connectivity index (χ4n) is 2.13. The second-order valence-corrected chi connectivity index (χ2v) is 5.63. The quantitative estimate of drug-likeness (QED) is 0.671. The van der Waals surface area contributed by atoms with Crippen LogP contribution in [-0.4, -0.2) is 12.9 Å². The van der Waals surface area contributed by atoms with Crippen molar-refractivity contribution in [3.63, 3.8) is 0 Å². The third-order valence-electron chi connectivity index (χ3n) is 3.33. The highest BCUT2D eigenvalue weighted by Crippen LogP contribution is 2.31. The van der Waals surface area contributed by atoms with E-state index in [0.29, 0.717) is 11.1 Å². The molecule has 0 unspecified atom stereocenters. The molecule has 2 aromatic rings. The van der Waals surface area contributed by atoms with Crippen LogP contribution in [0.15, 0.2) is 24.3 Å². The zero-order valence-electron chi connectivity index (χ0n) is 12.0. The fourth-order valence-corrected chi connectivity index (χ4v) is 2.61. The maximum absolute atomic E-state index is 12.6. The largest absolute Gasteiger partial charge is 0.496 e. The van der Waals surface area contributed by atoms with E-state index in [1.807, 2.05) is 19.9 Å². The number of rotatable bonds is 3. The van der Waals surface area contributed by atoms with Crippen molar-refractivity contribution in [3.05, 3.63) is 56.6 Å². The van der Waals surface area contributed by atoms with E-state index in [1.54, 1.807) is 13.2 Å². The van der Waals surface area contributed by atoms with Crippen LogP contribution in [0, 0.1) is 13.8 Å². The van der Waals surface area contributed by atoms with Crippen molar-refractivity contribution in [2.45, 2.75) is 13.8 Å². The van der Waals surface area contributed by atoms with Gasteiger partial charge in [0.1, 0.15) is 5.75 Å². The molecule has 0 bridgehead atoms. The van der Waals surface area contributed by atoms with E-state index in [9.17, 15) is 4.79 Å². The molecule has 0 amide bonds. The minimum absolute atomic E-state index is 0.151. The van der Waals surface area contributed by atoms with Crippen LogP contribution in [-0.2, 0) is 0 Å². The van der Waals surface area contributed by atoms with Crippen molar-refractivity contribution in [3.8, 4) is 5.75 Å². The zero-order valence-corrected chi connectivity index (χ0v) is 13.5. The Balaban J connectivity index is 2.53. The summed E-state index contributed by atoms with van der Waals surface area (Å²) >= 11 is 12.0. The van der Waals surface area contributed by atoms with Crippen LogP contribution in [0.2, 0.25) is 10.0 Å². The van der Waals surface area contributed by atoms with Gasteiger partial charge < -0.3 is 10.5 Å². The lowest BCUT2D eigenvalue weighted by Crippen LogP contribution is -2.06. The van der Waals surface area contributed by atoms with Crippen LogP contribution in [0.25, 0.3) is 0 Å². The molecule has 2 rings (SSSR count). The number of carbonyl (C=O) groups excluding carboxylic acids is 1. The number of aryl methyl sites for hydroxylation is 2. The van der Waals surface area contributed by atoms with Crippen molar-refractivity contribution in [2.24, 2.45) is 0 Å². The summed E-state index contributed by atoms with van der Waals surface area (Å²) in [5.74, 6) is 0.597. The minimum Gasteiger partial charge on any atom is -0.496 e. The summed E-state index contributed by atoms with van der Waals surface area (Å²) in [7, 11) is 1.60. The first-order chi connectivity index (χ1) is 9.85. The Bertz CT molecular complexity index is 703. The molecule has 0 atom stereocenters. The van der Waals surface area contributed by atoms with Crippen LogP contribution in [0.4, 0.5) is 5.69 Å². The van der Waals surface area contributed by atoms with E-state index in [1.165, 1.54) is 12.1 Å². The number of hydrogen-bond donors (Lipinski definition) is 1. The summed E-state index contributed by atoms with van der Waals surface area (Å²) in [6.07, 6.45) is 0. The number of ether oxygens (including phenoxy) is 1. The maximum atomic E-state index is 12.6. The molecule has 2 aromatic carbocycles. The molecule has 0 saturated carbocycles. The Labute approximate surface area is 133 Å². The molecule has 0 aromatic heterocycles. The van der Waals surface area contributed by atoms with E-state index < -0.39 is 0 Å². The van der Waals surface area contributed by atoms with Crippen LogP contribution in [0.1, 0.15) is 27.0 Å². The Hall–Kier alpha value is -1.71. The molecule has 3 nitrogen and oxygen atoms in total. The molecule has 0 spiro atoms. The van der Waals surface area contributed by atoms with Gasteiger partial charge in [-0.15, -0.1) is 0 Å². The third-order valence-corrected chi connectivity index (χ3v) is 3.95. The van der Waals surface area contributed by atoms with Crippen molar-refractivity contribution in [1.82, 2.24) is 0 Å². The van der Waals surface area contributed by atoms with Crippen LogP contribution >= 0.6 is 23.2 Å². The highest BCUT2D eigenvalue weighted by atomic mass is 35.5. The predicted molar refractivity (Wildman–Crippen MR) is 86.8 cm³/mol. The average Bonchev–Trinajstić information content (AvgIpc) is 2.45. The Morgan fingerprint density at radius 3 is 2.14 bits per heavy atom. The predicted octanol–water partition coefficient (Wildman–Crippen LogP) is 4.43. The van der Waals surface area contributed by atoms with Gasteiger partial charge in [-0.3, -0.25) is 4.79 Å². The third kappa shape index (κ3) is 2.99. The minimum atomic E-state index is -0.151. The summed E-state index contributed by atoms with van der Waals surface area (Å²) in [4.78, 5) is 12.6. The number of nitrogen functional groups attached to an aromatic ring is 1. The monoisotopic (exact) mass is 323 g/mol. The summed E-state index contributed by atoms with van der Waals surface area (Å²) in [6, 6.07) is 6.70. The number of methoxy groups -OCH3 is 1. The van der Waals surface area contributed by atoms with Crippen LogP contribution in [0.3, 0.4) is 0 Å². The van der Waals surface area contributed by atoms with Crippen molar-refractivity contribution < 1.29 is 9.53 Å². The van der Waals surface area contributed by atoms with Gasteiger partial charge in [-0.25, -0.2) is 0 Å². The molecule has 0 radical (unpaired) electrons. The molecule has 0 aliphatic rings. The summed E-state index contributed by atoms with van der Waals surface area (Å²) in [6.45, 7) is 3.74. The fraction of sp³-hybridized carbons (Fsp3) is 0.188. The molecular weight excluding hydrogens is 309 g/mol. The Morgan fingerprint density at radius 2 is 1.62 bits per heavy atom. The zero-order chi connectivity index (χ0) is 15.7. The lowest BCUT2D eigenvalue weighted by atomic mass is 9.96. The molecule has 21 heavy (non-hydrogen) atoms. The van der Waals surface area contributed by atoms with Gasteiger partial charge in [0.05, 0.1) is 22.8 Å². The van der Waals surface area contributed by atoms with Gasteiger partial charge in [0, 0.05) is 11.1 Å². The molecule has 5 heteroatoms. The van der Waals surface area contributed by atoms with E-state index in [-0.39, 0.29) is 21.5 Å². The molecule has 0 heterocycles. The SMILES string of the molecule is COc1cc(C)c(C(=O)c2cc(Cl)c(N)c(Cl)c2)cc1C. The summed E-state index contributed by atoms with van der Waals surface area (Å²) in [5.41, 5.74) is 8.68. The van der Waals surface area contributed by atoms with Gasteiger partial charge in [-0.2, -0.15) is 0 Å². The molecule has 0 aliphatic heterocycles. The highest BCUT2D eigenvalue weighted by molar-refractivity contribution is 6.39. The van der Waals surface area contributed by atoms with Crippen molar-refractivity contribution in [2.75, 3.05) is 12.8 Å². The van der Waals surface area contributed by atoms with Gasteiger partial charge in [-0.1, -0.05) is 23.2 Å². The van der Waals surface area contributed by atoms with Gasteiger partial charge in [0.15, 0.2) is 5.78 Å². The first-order valence-electron chi connectivity index (χ1n) is 6.29. The number of anilines is 1. The number of carbonyl (C=O) groups is 1. The summed E-state index contributed by atoms with van der Waals surface area (Å²) in [5, 5.41) is 0.544. The van der Waals surface area contributed by atoms with Gasteiger partial charge in [0.25, 0.3) is 0 Å². The molecular formula is C16H15Cl2NO2. The van der Waals surface area contributed by atoms with Gasteiger partial charge >= 0.3 is 0 Å². The van der Waals surface area contributed by atoms with Crippen LogP contribution < -0.4 is 10.5 Å². The topological polar surface area (TPSA) is 52.3 Å². The molecule has 0 fully saturated rings. The van der Waals surface area contributed by atoms with Crippen molar-refractivity contribution in [1.29, 1.82) is 0 Å².